The Kier molecular flexibility index (Phi) is 3.42. The third-order valence-electron chi connectivity index (χ3n) is 3.57. The first-order valence-corrected chi connectivity index (χ1v) is 7.25. The van der Waals surface area contributed by atoms with E-state index in [-0.39, 0.29) is 11.4 Å². The quantitative estimate of drug-likeness (QED) is 0.697. The van der Waals surface area contributed by atoms with Crippen molar-refractivity contribution in [3.8, 4) is 5.75 Å². The van der Waals surface area contributed by atoms with Gasteiger partial charge in [0.15, 0.2) is 0 Å². The maximum absolute atomic E-state index is 10.8. The molecule has 0 saturated heterocycles. The molecule has 1 N–H and O–H groups in total. The lowest BCUT2D eigenvalue weighted by Gasteiger charge is -2.26. The molecule has 3 rings (SSSR count). The molecule has 0 spiro atoms. The Hall–Kier alpha value is -1.92. The molecular weight excluding hydrogens is 276 g/mol. The van der Waals surface area contributed by atoms with Gasteiger partial charge in [-0.1, -0.05) is 0 Å². The molecule has 5 nitrogen and oxygen atoms in total. The first-order chi connectivity index (χ1) is 9.63. The summed E-state index contributed by atoms with van der Waals surface area (Å²) in [5.41, 5.74) is 2.03. The molecule has 0 unspecified atom stereocenters. The number of nitro groups is 1. The number of nitrogens with zero attached hydrogens (tertiary/aromatic N) is 2. The summed E-state index contributed by atoms with van der Waals surface area (Å²) < 4.78 is 0. The standard InChI is InChI=1S/C14H14N2O3S/c17-13-2-1-12(16(18)19)7-11(13)8-15-5-3-10-4-6-20-14(10)9-15/h1-2,4,6-7,17H,3,5,8-9H2. The number of hydrogen-bond acceptors (Lipinski definition) is 5. The zero-order valence-electron chi connectivity index (χ0n) is 10.8. The van der Waals surface area contributed by atoms with Crippen molar-refractivity contribution < 1.29 is 10.0 Å². The average molecular weight is 290 g/mol. The van der Waals surface area contributed by atoms with Gasteiger partial charge in [-0.2, -0.15) is 0 Å². The Labute approximate surface area is 120 Å². The van der Waals surface area contributed by atoms with E-state index in [1.165, 1.54) is 28.6 Å². The molecule has 0 aliphatic carbocycles. The molecule has 0 fully saturated rings. The normalized spacial score (nSPS) is 15.0. The Bertz CT molecular complexity index is 654. The van der Waals surface area contributed by atoms with Crippen molar-refractivity contribution in [2.24, 2.45) is 0 Å². The first-order valence-electron chi connectivity index (χ1n) is 6.37. The number of thiophene rings is 1. The second-order valence-electron chi connectivity index (χ2n) is 4.90. The van der Waals surface area contributed by atoms with E-state index >= 15 is 0 Å². The van der Waals surface area contributed by atoms with Crippen LogP contribution >= 0.6 is 11.3 Å². The number of fused-ring (bicyclic) bond motifs is 1. The number of non-ortho nitro benzene ring substituents is 1. The predicted octanol–water partition coefficient (Wildman–Crippen LogP) is 2.92. The fourth-order valence-corrected chi connectivity index (χ4v) is 3.45. The summed E-state index contributed by atoms with van der Waals surface area (Å²) >= 11 is 1.74. The lowest BCUT2D eigenvalue weighted by Crippen LogP contribution is -2.29. The zero-order chi connectivity index (χ0) is 14.1. The predicted molar refractivity (Wildman–Crippen MR) is 76.9 cm³/mol. The molecule has 1 aliphatic heterocycles. The van der Waals surface area contributed by atoms with Crippen LogP contribution in [0.3, 0.4) is 0 Å². The molecule has 1 aliphatic rings. The zero-order valence-corrected chi connectivity index (χ0v) is 11.6. The monoisotopic (exact) mass is 290 g/mol. The van der Waals surface area contributed by atoms with Gasteiger partial charge in [0.05, 0.1) is 4.92 Å². The van der Waals surface area contributed by atoms with Gasteiger partial charge in [0.2, 0.25) is 0 Å². The Balaban J connectivity index is 1.78. The van der Waals surface area contributed by atoms with Crippen LogP contribution in [0.5, 0.6) is 5.75 Å². The van der Waals surface area contributed by atoms with Gasteiger partial charge < -0.3 is 5.11 Å². The third kappa shape index (κ3) is 2.52. The van der Waals surface area contributed by atoms with Gasteiger partial charge in [0, 0.05) is 42.2 Å². The Morgan fingerprint density at radius 1 is 1.40 bits per heavy atom. The molecule has 104 valence electrons. The van der Waals surface area contributed by atoms with Crippen molar-refractivity contribution in [1.82, 2.24) is 4.90 Å². The van der Waals surface area contributed by atoms with Crippen molar-refractivity contribution >= 4 is 17.0 Å². The van der Waals surface area contributed by atoms with Gasteiger partial charge in [-0.15, -0.1) is 11.3 Å². The highest BCUT2D eigenvalue weighted by Crippen LogP contribution is 2.28. The highest BCUT2D eigenvalue weighted by Gasteiger charge is 2.19. The number of phenols is 1. The highest BCUT2D eigenvalue weighted by molar-refractivity contribution is 7.10. The summed E-state index contributed by atoms with van der Waals surface area (Å²) in [6.07, 6.45) is 0.995. The molecule has 2 heterocycles. The maximum atomic E-state index is 10.8. The van der Waals surface area contributed by atoms with Crippen LogP contribution in [-0.2, 0) is 19.5 Å². The van der Waals surface area contributed by atoms with E-state index in [1.54, 1.807) is 11.3 Å². The number of benzene rings is 1. The molecule has 20 heavy (non-hydrogen) atoms. The molecule has 0 saturated carbocycles. The number of phenolic OH excluding ortho intramolecular Hbond substituents is 1. The number of nitro benzene ring substituents is 1. The fraction of sp³-hybridized carbons (Fsp3) is 0.286. The van der Waals surface area contributed by atoms with E-state index in [2.05, 4.69) is 16.3 Å². The smallest absolute Gasteiger partial charge is 0.270 e. The van der Waals surface area contributed by atoms with E-state index < -0.39 is 4.92 Å². The molecule has 0 bridgehead atoms. The minimum atomic E-state index is -0.434. The van der Waals surface area contributed by atoms with E-state index in [9.17, 15) is 15.2 Å². The van der Waals surface area contributed by atoms with Crippen LogP contribution in [-0.4, -0.2) is 21.5 Å². The van der Waals surface area contributed by atoms with Crippen LogP contribution in [0, 0.1) is 10.1 Å². The minimum absolute atomic E-state index is 0.0200. The van der Waals surface area contributed by atoms with Crippen molar-refractivity contribution in [2.75, 3.05) is 6.54 Å². The number of hydrogen-bond donors (Lipinski definition) is 1. The van der Waals surface area contributed by atoms with Crippen LogP contribution in [0.4, 0.5) is 5.69 Å². The van der Waals surface area contributed by atoms with E-state index in [4.69, 9.17) is 0 Å². The second kappa shape index (κ2) is 5.22. The van der Waals surface area contributed by atoms with Gasteiger partial charge >= 0.3 is 0 Å². The van der Waals surface area contributed by atoms with Crippen LogP contribution in [0.25, 0.3) is 0 Å². The molecule has 0 amide bonds. The largest absolute Gasteiger partial charge is 0.508 e. The number of aromatic hydroxyl groups is 1. The summed E-state index contributed by atoms with van der Waals surface area (Å²) in [5.74, 6) is 0.118. The van der Waals surface area contributed by atoms with Crippen molar-refractivity contribution in [3.05, 3.63) is 55.8 Å². The highest BCUT2D eigenvalue weighted by atomic mass is 32.1. The molecule has 1 aromatic heterocycles. The Morgan fingerprint density at radius 2 is 2.25 bits per heavy atom. The van der Waals surface area contributed by atoms with Crippen molar-refractivity contribution in [2.45, 2.75) is 19.5 Å². The second-order valence-corrected chi connectivity index (χ2v) is 5.90. The molecule has 6 heteroatoms. The third-order valence-corrected chi connectivity index (χ3v) is 4.52. The average Bonchev–Trinajstić information content (AvgIpc) is 2.88. The lowest BCUT2D eigenvalue weighted by molar-refractivity contribution is -0.385. The van der Waals surface area contributed by atoms with E-state index in [1.807, 2.05) is 0 Å². The summed E-state index contributed by atoms with van der Waals surface area (Å²) in [4.78, 5) is 13.9. The van der Waals surface area contributed by atoms with Crippen LogP contribution in [0.1, 0.15) is 16.0 Å². The minimum Gasteiger partial charge on any atom is -0.508 e. The van der Waals surface area contributed by atoms with Gasteiger partial charge in [-0.05, 0) is 29.5 Å². The molecule has 0 atom stereocenters. The fourth-order valence-electron chi connectivity index (χ4n) is 2.48. The van der Waals surface area contributed by atoms with Gasteiger partial charge in [-0.25, -0.2) is 0 Å². The van der Waals surface area contributed by atoms with Crippen LogP contribution in [0.2, 0.25) is 0 Å². The summed E-state index contributed by atoms with van der Waals surface area (Å²) in [5, 5.41) is 22.7. The van der Waals surface area contributed by atoms with Gasteiger partial charge in [0.25, 0.3) is 5.69 Å². The van der Waals surface area contributed by atoms with Crippen molar-refractivity contribution in [3.63, 3.8) is 0 Å². The molecule has 1 aromatic carbocycles. The summed E-state index contributed by atoms with van der Waals surface area (Å²) in [7, 11) is 0. The number of rotatable bonds is 3. The van der Waals surface area contributed by atoms with Crippen molar-refractivity contribution in [1.29, 1.82) is 0 Å². The first kappa shape index (κ1) is 13.1. The van der Waals surface area contributed by atoms with Crippen LogP contribution < -0.4 is 0 Å². The lowest BCUT2D eigenvalue weighted by atomic mass is 10.1. The Morgan fingerprint density at radius 3 is 3.05 bits per heavy atom. The SMILES string of the molecule is O=[N+]([O-])c1ccc(O)c(CN2CCc3ccsc3C2)c1. The van der Waals surface area contributed by atoms with Crippen LogP contribution in [0.15, 0.2) is 29.6 Å². The molecular formula is C14H14N2O3S. The topological polar surface area (TPSA) is 66.6 Å². The maximum Gasteiger partial charge on any atom is 0.270 e. The summed E-state index contributed by atoms with van der Waals surface area (Å²) in [6, 6.07) is 6.34. The van der Waals surface area contributed by atoms with E-state index in [0.717, 1.165) is 19.5 Å². The van der Waals surface area contributed by atoms with Gasteiger partial charge in [0.1, 0.15) is 5.75 Å². The van der Waals surface area contributed by atoms with E-state index in [0.29, 0.717) is 12.1 Å². The summed E-state index contributed by atoms with van der Waals surface area (Å²) in [6.45, 7) is 2.28. The molecule has 2 aromatic rings. The molecule has 0 radical (unpaired) electrons. The van der Waals surface area contributed by atoms with Gasteiger partial charge in [-0.3, -0.25) is 15.0 Å².